The molecule has 6 aromatic carbocycles. The Bertz CT molecular complexity index is 4520. The molecule has 13 rings (SSSR count). The van der Waals surface area contributed by atoms with Crippen LogP contribution in [0, 0.1) is 55.2 Å². The second kappa shape index (κ2) is 28.8. The predicted octanol–water partition coefficient (Wildman–Crippen LogP) is 11.3. The molecule has 0 bridgehead atoms. The number of esters is 1. The van der Waals surface area contributed by atoms with E-state index in [4.69, 9.17) is 34.6 Å². The normalized spacial score (nSPS) is 19.5. The van der Waals surface area contributed by atoms with Crippen LogP contribution >= 0.6 is 11.3 Å². The number of ether oxygens (including phenoxy) is 4. The van der Waals surface area contributed by atoms with Crippen LogP contribution < -0.4 is 30.7 Å². The fraction of sp³-hybridized carbons (Fsp3) is 0.284. The molecular formula is C74H73FN8O12S. The van der Waals surface area contributed by atoms with Crippen LogP contribution in [0.25, 0.3) is 32.7 Å². The highest BCUT2D eigenvalue weighted by molar-refractivity contribution is 7.09. The molecule has 494 valence electrons. The standard InChI is InChI=1S/C25H26FN3O4.C25H23N3O3S.C24H24N2O5/c1-15-10-17(18-6-4-5-7-21(18)27-15)14-33-22-9-8-16(11-20(22)26)12-25(24(31)29(2)3)13-19(25)23(30)28-32;1-16-12-18(20-4-2-3-5-22(20)27-16)15-31-19-8-6-17(7-9-19)13-25(24-26-10-11-32-24)14-21(25)23(29)28-30;1-15-11-17(19-5-3-4-6-21(19)25-15)14-31-18-9-7-16(8-10-18)12-24(23(28)30-2)13-20(24)22(27)26-29/h4-11,19,32H,12-14H2,1-3H3,(H,28,30);2-12,21,30H,13-15H2,1H3,(H,28,29);3-11,20,29H,12-14H2,1-2H3,(H,26,27)/t19-,25+;21-,25+;20-,24+/m110/s1. The first-order valence-corrected chi connectivity index (χ1v) is 32.1. The maximum absolute atomic E-state index is 14.9. The average molecular weight is 1320 g/mol. The number of pyridine rings is 3. The molecule has 0 radical (unpaired) electrons. The molecule has 4 amide bonds. The fourth-order valence-electron chi connectivity index (χ4n) is 13.1. The fourth-order valence-corrected chi connectivity index (χ4v) is 14.0. The van der Waals surface area contributed by atoms with Gasteiger partial charge in [0.25, 0.3) is 0 Å². The minimum atomic E-state index is -0.987. The number of halogens is 1. The molecule has 0 unspecified atom stereocenters. The van der Waals surface area contributed by atoms with Crippen molar-refractivity contribution in [2.24, 2.45) is 28.6 Å². The lowest BCUT2D eigenvalue weighted by molar-refractivity contribution is -0.149. The zero-order valence-corrected chi connectivity index (χ0v) is 54.6. The summed E-state index contributed by atoms with van der Waals surface area (Å²) < 4.78 is 37.6. The SMILES string of the molecule is COC(=O)[C@]1(Cc2ccc(OCc3cc(C)nc4ccccc34)cc2)C[C@H]1C(=O)NO.Cc1cc(COc2ccc(C[C@]3(C(=O)N(C)C)C[C@@H]3C(=O)NO)cc2F)c2ccccc2n1.Cc1cc(COc2ccc(C[C@]3(c4nccs4)C[C@@H]3C(=O)NO)cc2)c2ccccc2n1. The molecule has 10 aromatic rings. The molecule has 4 aromatic heterocycles. The van der Waals surface area contributed by atoms with Crippen LogP contribution in [0.4, 0.5) is 4.39 Å². The molecule has 96 heavy (non-hydrogen) atoms. The van der Waals surface area contributed by atoms with Crippen LogP contribution in [0.5, 0.6) is 17.2 Å². The van der Waals surface area contributed by atoms with Crippen molar-refractivity contribution in [2.45, 2.75) is 84.5 Å². The second-order valence-corrected chi connectivity index (χ2v) is 25.9. The van der Waals surface area contributed by atoms with Gasteiger partial charge >= 0.3 is 5.97 Å². The second-order valence-electron chi connectivity index (χ2n) is 25.0. The summed E-state index contributed by atoms with van der Waals surface area (Å²) in [5, 5.41) is 32.9. The topological polar surface area (TPSA) is 274 Å². The van der Waals surface area contributed by atoms with Crippen molar-refractivity contribution < 1.29 is 62.9 Å². The number of amides is 4. The molecule has 0 aliphatic heterocycles. The number of aryl methyl sites for hydroxylation is 3. The van der Waals surface area contributed by atoms with E-state index in [0.29, 0.717) is 56.6 Å². The Balaban J connectivity index is 0.000000146. The van der Waals surface area contributed by atoms with Gasteiger partial charge in [-0.15, -0.1) is 11.3 Å². The highest BCUT2D eigenvalue weighted by atomic mass is 32.1. The maximum Gasteiger partial charge on any atom is 0.312 e. The van der Waals surface area contributed by atoms with E-state index in [1.165, 1.54) is 24.1 Å². The third-order valence-corrected chi connectivity index (χ3v) is 19.1. The summed E-state index contributed by atoms with van der Waals surface area (Å²) in [7, 11) is 4.52. The molecule has 3 fully saturated rings. The number of benzene rings is 6. The molecule has 20 nitrogen and oxygen atoms in total. The van der Waals surface area contributed by atoms with Crippen LogP contribution in [0.1, 0.15) is 74.7 Å². The Hall–Kier alpha value is -10.3. The van der Waals surface area contributed by atoms with E-state index in [1.807, 2.05) is 154 Å². The highest BCUT2D eigenvalue weighted by Gasteiger charge is 2.65. The number of methoxy groups -OCH3 is 1. The van der Waals surface area contributed by atoms with Gasteiger partial charge in [0.1, 0.15) is 31.3 Å². The van der Waals surface area contributed by atoms with Crippen LogP contribution in [-0.2, 0) is 73.2 Å². The summed E-state index contributed by atoms with van der Waals surface area (Å²) in [5.41, 5.74) is 14.0. The Labute approximate surface area is 557 Å². The molecule has 4 heterocycles. The van der Waals surface area contributed by atoms with Crippen molar-refractivity contribution in [3.8, 4) is 17.2 Å². The van der Waals surface area contributed by atoms with Gasteiger partial charge in [-0.25, -0.2) is 25.8 Å². The summed E-state index contributed by atoms with van der Waals surface area (Å²) in [4.78, 5) is 80.3. The maximum atomic E-state index is 14.9. The number of para-hydroxylation sites is 3. The lowest BCUT2D eigenvalue weighted by Gasteiger charge is -2.21. The number of nitrogens with zero attached hydrogens (tertiary/aromatic N) is 5. The van der Waals surface area contributed by atoms with Gasteiger partial charge in [-0.2, -0.15) is 0 Å². The lowest BCUT2D eigenvalue weighted by Crippen LogP contribution is -2.36. The van der Waals surface area contributed by atoms with Crippen molar-refractivity contribution in [1.29, 1.82) is 0 Å². The van der Waals surface area contributed by atoms with Crippen LogP contribution in [0.15, 0.2) is 169 Å². The number of thiazole rings is 1. The molecule has 6 N–H and O–H groups in total. The third-order valence-electron chi connectivity index (χ3n) is 18.2. The first-order chi connectivity index (χ1) is 46.3. The quantitative estimate of drug-likeness (QED) is 0.0222. The van der Waals surface area contributed by atoms with E-state index in [1.54, 1.807) is 54.1 Å². The number of fused-ring (bicyclic) bond motifs is 3. The Morgan fingerprint density at radius 2 is 0.969 bits per heavy atom. The number of hydrogen-bond acceptors (Lipinski definition) is 17. The number of aromatic nitrogens is 4. The van der Waals surface area contributed by atoms with Gasteiger partial charge in [-0.1, -0.05) is 84.9 Å². The van der Waals surface area contributed by atoms with E-state index in [9.17, 15) is 28.4 Å². The van der Waals surface area contributed by atoms with Gasteiger partial charge in [0.15, 0.2) is 11.6 Å². The minimum Gasteiger partial charge on any atom is -0.489 e. The summed E-state index contributed by atoms with van der Waals surface area (Å²) in [6, 6.07) is 49.8. The number of carbonyl (C=O) groups is 5. The largest absolute Gasteiger partial charge is 0.489 e. The van der Waals surface area contributed by atoms with E-state index in [2.05, 4.69) is 32.1 Å². The zero-order valence-electron chi connectivity index (χ0n) is 53.8. The van der Waals surface area contributed by atoms with Gasteiger partial charge in [0, 0.05) is 81.0 Å². The van der Waals surface area contributed by atoms with Crippen LogP contribution in [0.2, 0.25) is 0 Å². The summed E-state index contributed by atoms with van der Waals surface area (Å²) in [5.74, 6) is -2.65. The van der Waals surface area contributed by atoms with Crippen molar-refractivity contribution in [1.82, 2.24) is 41.3 Å². The summed E-state index contributed by atoms with van der Waals surface area (Å²) in [6.07, 6.45) is 4.31. The molecular weight excluding hydrogens is 1240 g/mol. The Morgan fingerprint density at radius 3 is 1.42 bits per heavy atom. The third kappa shape index (κ3) is 14.7. The Kier molecular flexibility index (Phi) is 20.1. The number of hydroxylamine groups is 3. The van der Waals surface area contributed by atoms with E-state index < -0.39 is 46.3 Å². The Morgan fingerprint density at radius 1 is 0.542 bits per heavy atom. The number of rotatable bonds is 21. The van der Waals surface area contributed by atoms with E-state index in [0.717, 1.165) is 88.4 Å². The molecule has 3 aliphatic carbocycles. The lowest BCUT2D eigenvalue weighted by atomic mass is 9.92. The van der Waals surface area contributed by atoms with Crippen LogP contribution in [-0.4, -0.2) is 91.3 Å². The summed E-state index contributed by atoms with van der Waals surface area (Å²) in [6.45, 7) is 6.91. The number of carbonyl (C=O) groups excluding carboxylic acids is 5. The van der Waals surface area contributed by atoms with E-state index >= 15 is 0 Å². The molecule has 0 spiro atoms. The monoisotopic (exact) mass is 1320 g/mol. The van der Waals surface area contributed by atoms with Gasteiger partial charge < -0.3 is 23.8 Å². The molecule has 0 saturated heterocycles. The van der Waals surface area contributed by atoms with Gasteiger partial charge in [-0.3, -0.25) is 54.5 Å². The van der Waals surface area contributed by atoms with Crippen molar-refractivity contribution in [3.63, 3.8) is 0 Å². The van der Waals surface area contributed by atoms with Gasteiger partial charge in [0.05, 0.1) is 57.3 Å². The van der Waals surface area contributed by atoms with E-state index in [-0.39, 0.29) is 41.9 Å². The van der Waals surface area contributed by atoms with Crippen LogP contribution in [0.3, 0.4) is 0 Å². The van der Waals surface area contributed by atoms with Crippen molar-refractivity contribution >= 4 is 73.6 Å². The first-order valence-electron chi connectivity index (χ1n) is 31.2. The number of nitrogens with one attached hydrogen (secondary N) is 3. The molecule has 3 aliphatic rings. The zero-order chi connectivity index (χ0) is 67.9. The van der Waals surface area contributed by atoms with Gasteiger partial charge in [0.2, 0.25) is 23.6 Å². The highest BCUT2D eigenvalue weighted by Crippen LogP contribution is 2.58. The molecule has 3 saturated carbocycles. The number of hydrogen-bond donors (Lipinski definition) is 6. The average Bonchev–Trinajstić information content (AvgIpc) is 1.58. The first kappa shape index (κ1) is 67.2. The van der Waals surface area contributed by atoms with Crippen molar-refractivity contribution in [3.05, 3.63) is 231 Å². The predicted molar refractivity (Wildman–Crippen MR) is 356 cm³/mol. The van der Waals surface area contributed by atoms with Gasteiger partial charge in [-0.05, 0) is 149 Å². The smallest absolute Gasteiger partial charge is 0.312 e. The molecule has 6 atom stereocenters. The molecule has 22 heteroatoms. The van der Waals surface area contributed by atoms with Crippen molar-refractivity contribution in [2.75, 3.05) is 21.2 Å². The summed E-state index contributed by atoms with van der Waals surface area (Å²) >= 11 is 1.55. The minimum absolute atomic E-state index is 0.103.